The van der Waals surface area contributed by atoms with Gasteiger partial charge in [-0.2, -0.15) is 5.26 Å². The summed E-state index contributed by atoms with van der Waals surface area (Å²) in [7, 11) is 0. The molecule has 8 heteroatoms. The Labute approximate surface area is 224 Å². The second kappa shape index (κ2) is 11.1. The first-order chi connectivity index (χ1) is 18.6. The molecule has 0 saturated carbocycles. The van der Waals surface area contributed by atoms with Gasteiger partial charge in [0, 0.05) is 32.7 Å². The molecule has 0 radical (unpaired) electrons. The highest BCUT2D eigenvalue weighted by Gasteiger charge is 2.44. The van der Waals surface area contributed by atoms with E-state index in [1.165, 1.54) is 16.7 Å². The third kappa shape index (κ3) is 5.22. The lowest BCUT2D eigenvalue weighted by atomic mass is 9.82. The second-order valence-corrected chi connectivity index (χ2v) is 10.9. The first-order valence-corrected chi connectivity index (χ1v) is 13.8. The number of ether oxygens (including phenoxy) is 3. The average molecular weight is 517 g/mol. The number of likely N-dealkylation sites (tertiary alicyclic amines) is 1. The number of carbonyl (C=O) groups is 1. The van der Waals surface area contributed by atoms with Crippen molar-refractivity contribution < 1.29 is 19.0 Å². The Hall–Kier alpha value is -2.80. The van der Waals surface area contributed by atoms with E-state index in [2.05, 4.69) is 51.9 Å². The van der Waals surface area contributed by atoms with Gasteiger partial charge in [-0.25, -0.2) is 0 Å². The molecule has 8 nitrogen and oxygen atoms in total. The summed E-state index contributed by atoms with van der Waals surface area (Å²) in [6.45, 7) is 6.36. The van der Waals surface area contributed by atoms with Crippen molar-refractivity contribution in [3.63, 3.8) is 0 Å². The number of fused-ring (bicyclic) bond motifs is 2. The number of amides is 1. The lowest BCUT2D eigenvalue weighted by Gasteiger charge is -2.45. The average Bonchev–Trinajstić information content (AvgIpc) is 3.07. The van der Waals surface area contributed by atoms with Gasteiger partial charge >= 0.3 is 0 Å². The molecule has 3 fully saturated rings. The molecule has 1 amide bonds. The summed E-state index contributed by atoms with van der Waals surface area (Å²) < 4.78 is 17.5. The molecule has 2 atom stereocenters. The van der Waals surface area contributed by atoms with Crippen molar-refractivity contribution in [2.24, 2.45) is 0 Å². The maximum atomic E-state index is 12.6. The largest absolute Gasteiger partial charge is 0.378 e. The van der Waals surface area contributed by atoms with Crippen LogP contribution in [0, 0.1) is 11.3 Å². The lowest BCUT2D eigenvalue weighted by molar-refractivity contribution is -0.132. The fourth-order valence-corrected chi connectivity index (χ4v) is 6.04. The minimum Gasteiger partial charge on any atom is -0.378 e. The van der Waals surface area contributed by atoms with E-state index in [1.54, 1.807) is 0 Å². The topological polar surface area (TPSA) is 95.9 Å². The second-order valence-electron chi connectivity index (χ2n) is 10.9. The van der Waals surface area contributed by atoms with Crippen molar-refractivity contribution in [1.29, 1.82) is 5.26 Å². The van der Waals surface area contributed by atoms with Gasteiger partial charge in [-0.05, 0) is 59.7 Å². The van der Waals surface area contributed by atoms with E-state index in [1.807, 2.05) is 12.1 Å². The molecular formula is C30H36N4O4. The van der Waals surface area contributed by atoms with Crippen molar-refractivity contribution in [3.8, 4) is 17.2 Å². The van der Waals surface area contributed by atoms with E-state index in [9.17, 15) is 10.1 Å². The molecule has 0 bridgehead atoms. The third-order valence-electron chi connectivity index (χ3n) is 8.49. The van der Waals surface area contributed by atoms with Crippen LogP contribution in [-0.2, 0) is 37.6 Å². The molecule has 2 N–H and O–H groups in total. The molecule has 2 aromatic carbocycles. The first kappa shape index (κ1) is 25.5. The zero-order valence-electron chi connectivity index (χ0n) is 21.8. The number of benzene rings is 2. The van der Waals surface area contributed by atoms with E-state index in [0.717, 1.165) is 63.2 Å². The summed E-state index contributed by atoms with van der Waals surface area (Å²) in [6, 6.07) is 17.2. The summed E-state index contributed by atoms with van der Waals surface area (Å²) in [4.78, 5) is 15.1. The van der Waals surface area contributed by atoms with Crippen LogP contribution in [0.2, 0.25) is 0 Å². The zero-order chi connectivity index (χ0) is 26.0. The zero-order valence-corrected chi connectivity index (χ0v) is 21.8. The summed E-state index contributed by atoms with van der Waals surface area (Å²) >= 11 is 0. The highest BCUT2D eigenvalue weighted by Crippen LogP contribution is 2.45. The molecule has 4 aliphatic rings. The van der Waals surface area contributed by atoms with Crippen LogP contribution in [0.25, 0.3) is 11.1 Å². The lowest BCUT2D eigenvalue weighted by Crippen LogP contribution is -2.54. The van der Waals surface area contributed by atoms with Gasteiger partial charge in [-0.3, -0.25) is 9.69 Å². The number of hydrogen-bond acceptors (Lipinski definition) is 7. The number of carbonyl (C=O) groups excluding carboxylic acids is 1. The van der Waals surface area contributed by atoms with Crippen LogP contribution in [0.4, 0.5) is 0 Å². The molecule has 200 valence electrons. The number of nitrogens with one attached hydrogen (secondary N) is 2. The Kier molecular flexibility index (Phi) is 7.46. The van der Waals surface area contributed by atoms with Crippen molar-refractivity contribution in [3.05, 3.63) is 59.2 Å². The summed E-state index contributed by atoms with van der Waals surface area (Å²) in [6.07, 6.45) is 2.81. The van der Waals surface area contributed by atoms with E-state index < -0.39 is 12.1 Å². The highest BCUT2D eigenvalue weighted by atomic mass is 16.5. The molecule has 0 aliphatic carbocycles. The van der Waals surface area contributed by atoms with Crippen LogP contribution in [0.3, 0.4) is 0 Å². The van der Waals surface area contributed by atoms with Crippen LogP contribution in [0.15, 0.2) is 42.5 Å². The smallest absolute Gasteiger partial charge is 0.251 e. The Bertz CT molecular complexity index is 1170. The fraction of sp³-hybridized carbons (Fsp3) is 0.533. The van der Waals surface area contributed by atoms with Gasteiger partial charge in [0.25, 0.3) is 5.91 Å². The number of nitrogens with zero attached hydrogens (tertiary/aromatic N) is 2. The Morgan fingerprint density at radius 1 is 1.16 bits per heavy atom. The SMILES string of the molecule is N#C[C@H](Cc1ccc(-c2ccc3c(c2)C2(CCN(C4COC4)CC2)OC3)cc1)NC(=O)[C@@H]1CNCCCO1. The van der Waals surface area contributed by atoms with E-state index in [-0.39, 0.29) is 11.5 Å². The molecule has 0 aromatic heterocycles. The number of rotatable bonds is 6. The van der Waals surface area contributed by atoms with E-state index in [0.29, 0.717) is 32.2 Å². The van der Waals surface area contributed by atoms with Gasteiger partial charge in [0.1, 0.15) is 12.1 Å². The van der Waals surface area contributed by atoms with Crippen molar-refractivity contribution in [2.45, 2.75) is 56.1 Å². The normalized spacial score (nSPS) is 24.1. The third-order valence-corrected chi connectivity index (χ3v) is 8.49. The van der Waals surface area contributed by atoms with Gasteiger partial charge in [0.2, 0.25) is 0 Å². The van der Waals surface area contributed by atoms with Crippen molar-refractivity contribution >= 4 is 5.91 Å². The summed E-state index contributed by atoms with van der Waals surface area (Å²) in [5.74, 6) is -0.233. The Balaban J connectivity index is 1.10. The van der Waals surface area contributed by atoms with Crippen molar-refractivity contribution in [1.82, 2.24) is 15.5 Å². The molecule has 0 unspecified atom stereocenters. The van der Waals surface area contributed by atoms with Gasteiger partial charge in [0.05, 0.1) is 37.5 Å². The Morgan fingerprint density at radius 2 is 1.95 bits per heavy atom. The molecule has 4 heterocycles. The number of piperidine rings is 1. The molecule has 3 saturated heterocycles. The predicted molar refractivity (Wildman–Crippen MR) is 142 cm³/mol. The summed E-state index contributed by atoms with van der Waals surface area (Å²) in [5.41, 5.74) is 5.78. The van der Waals surface area contributed by atoms with Gasteiger partial charge < -0.3 is 24.8 Å². The molecular weight excluding hydrogens is 480 g/mol. The van der Waals surface area contributed by atoms with Gasteiger partial charge in [-0.15, -0.1) is 0 Å². The first-order valence-electron chi connectivity index (χ1n) is 13.8. The fourth-order valence-electron chi connectivity index (χ4n) is 6.04. The maximum Gasteiger partial charge on any atom is 0.251 e. The van der Waals surface area contributed by atoms with Gasteiger partial charge in [0.15, 0.2) is 0 Å². The molecule has 1 spiro atoms. The van der Waals surface area contributed by atoms with E-state index >= 15 is 0 Å². The quantitative estimate of drug-likeness (QED) is 0.609. The van der Waals surface area contributed by atoms with Crippen LogP contribution in [0.5, 0.6) is 0 Å². The predicted octanol–water partition coefficient (Wildman–Crippen LogP) is 2.50. The summed E-state index contributed by atoms with van der Waals surface area (Å²) in [5, 5.41) is 15.7. The number of hydrogen-bond donors (Lipinski definition) is 2. The van der Waals surface area contributed by atoms with Gasteiger partial charge in [-0.1, -0.05) is 36.4 Å². The maximum absolute atomic E-state index is 12.6. The number of nitriles is 1. The van der Waals surface area contributed by atoms with Crippen molar-refractivity contribution in [2.75, 3.05) is 46.0 Å². The Morgan fingerprint density at radius 3 is 2.68 bits per heavy atom. The highest BCUT2D eigenvalue weighted by molar-refractivity contribution is 5.81. The van der Waals surface area contributed by atoms with E-state index in [4.69, 9.17) is 14.2 Å². The minimum absolute atomic E-state index is 0.179. The molecule has 6 rings (SSSR count). The molecule has 2 aromatic rings. The standard InChI is InChI=1S/C30H36N4O4/c31-16-25(33-29(35)28-17-32-10-1-13-37-28)14-21-2-4-22(5-3-21)23-6-7-24-18-38-30(27(24)15-23)8-11-34(12-9-30)26-19-36-20-26/h2-7,15,25-26,28,32H,1,8-14,17-20H2,(H,33,35)/t25-,28-/m0/s1. The molecule has 38 heavy (non-hydrogen) atoms. The molecule has 4 aliphatic heterocycles. The van der Waals surface area contributed by atoms with Crippen LogP contribution in [0.1, 0.15) is 36.0 Å². The monoisotopic (exact) mass is 516 g/mol. The van der Waals surface area contributed by atoms with Crippen LogP contribution < -0.4 is 10.6 Å². The minimum atomic E-state index is -0.602. The van der Waals surface area contributed by atoms with Crippen LogP contribution in [-0.4, -0.2) is 75.0 Å². The van der Waals surface area contributed by atoms with Crippen LogP contribution >= 0.6 is 0 Å².